The van der Waals surface area contributed by atoms with Crippen molar-refractivity contribution in [2.24, 2.45) is 0 Å². The molecule has 0 saturated carbocycles. The summed E-state index contributed by atoms with van der Waals surface area (Å²) >= 11 is 0. The molecule has 4 aromatic carbocycles. The van der Waals surface area contributed by atoms with Crippen molar-refractivity contribution in [3.8, 4) is 44.9 Å². The predicted octanol–water partition coefficient (Wildman–Crippen LogP) is 13.2. The largest absolute Gasteiger partial charge is 0.453 e. The van der Waals surface area contributed by atoms with Crippen molar-refractivity contribution in [1.82, 2.24) is 0 Å². The van der Waals surface area contributed by atoms with Crippen LogP contribution < -0.4 is 21.1 Å². The van der Waals surface area contributed by atoms with Gasteiger partial charge in [-0.3, -0.25) is 0 Å². The van der Waals surface area contributed by atoms with Gasteiger partial charge in [0.05, 0.1) is 11.1 Å². The molecule has 4 aliphatic heterocycles. The summed E-state index contributed by atoms with van der Waals surface area (Å²) in [5.41, 5.74) is 13.4. The van der Waals surface area contributed by atoms with E-state index in [0.717, 1.165) is 96.0 Å². The Morgan fingerprint density at radius 3 is 1.22 bits per heavy atom. The van der Waals surface area contributed by atoms with Crippen molar-refractivity contribution in [1.29, 1.82) is 0 Å². The molecule has 8 heterocycles. The van der Waals surface area contributed by atoms with Gasteiger partial charge in [0.1, 0.15) is 22.7 Å². The molecule has 4 aromatic heterocycles. The Labute approximate surface area is 372 Å². The van der Waals surface area contributed by atoms with Gasteiger partial charge in [0.2, 0.25) is 0 Å². The number of nitrogens with zero attached hydrogens (tertiary/aromatic N) is 2. The van der Waals surface area contributed by atoms with Crippen LogP contribution in [-0.2, 0) is 21.7 Å². The highest BCUT2D eigenvalue weighted by molar-refractivity contribution is 5.94. The van der Waals surface area contributed by atoms with Crippen molar-refractivity contribution in [2.75, 3.05) is 36.0 Å². The number of hydrogen-bond donors (Lipinski definition) is 0. The fourth-order valence-corrected chi connectivity index (χ4v) is 11.5. The SMILES string of the molecule is CC1(C)CCN2CCC(C)(C)c3c2c1cc1cc(-c2cccc(-c4cc5oc(-c6cccc(-c7cc8cc9c%10c(c8oc7=O)C(C)(C)CCN%10CCC9(C)C)c6)cc5o4)c2)c(=O)oc31. The maximum Gasteiger partial charge on any atom is 0.344 e. The number of fused-ring (bicyclic) bond motifs is 5. The Morgan fingerprint density at radius 2 is 0.812 bits per heavy atom. The van der Waals surface area contributed by atoms with E-state index in [9.17, 15) is 9.59 Å². The minimum Gasteiger partial charge on any atom is -0.453 e. The molecule has 0 amide bonds. The van der Waals surface area contributed by atoms with Crippen molar-refractivity contribution >= 4 is 44.5 Å². The lowest BCUT2D eigenvalue weighted by Crippen LogP contribution is -2.44. The van der Waals surface area contributed by atoms with E-state index in [2.05, 4.69) is 77.3 Å². The molecule has 12 rings (SSSR count). The first-order valence-electron chi connectivity index (χ1n) is 23.0. The zero-order chi connectivity index (χ0) is 44.2. The van der Waals surface area contributed by atoms with Crippen LogP contribution >= 0.6 is 0 Å². The smallest absolute Gasteiger partial charge is 0.344 e. The van der Waals surface area contributed by atoms with Gasteiger partial charge in [-0.1, -0.05) is 91.8 Å². The summed E-state index contributed by atoms with van der Waals surface area (Å²) in [5, 5.41) is 1.92. The third-order valence-corrected chi connectivity index (χ3v) is 15.6. The molecule has 8 heteroatoms. The third kappa shape index (κ3) is 5.79. The van der Waals surface area contributed by atoms with Gasteiger partial charge in [-0.05, 0) is 106 Å². The Balaban J connectivity index is 0.880. The number of anilines is 2. The average Bonchev–Trinajstić information content (AvgIpc) is 3.85. The van der Waals surface area contributed by atoms with Gasteiger partial charge in [-0.25, -0.2) is 9.59 Å². The summed E-state index contributed by atoms with van der Waals surface area (Å²) in [6, 6.07) is 28.1. The molecule has 0 bridgehead atoms. The maximum absolute atomic E-state index is 13.9. The predicted molar refractivity (Wildman–Crippen MR) is 257 cm³/mol. The van der Waals surface area contributed by atoms with Crippen molar-refractivity contribution in [3.05, 3.63) is 128 Å². The van der Waals surface area contributed by atoms with E-state index in [1.165, 1.54) is 22.5 Å². The van der Waals surface area contributed by atoms with Crippen LogP contribution in [0.15, 0.2) is 112 Å². The molecule has 8 aromatic rings. The quantitative estimate of drug-likeness (QED) is 0.162. The lowest BCUT2D eigenvalue weighted by atomic mass is 9.69. The second-order valence-corrected chi connectivity index (χ2v) is 21.6. The number of benzene rings is 4. The van der Waals surface area contributed by atoms with Gasteiger partial charge in [-0.15, -0.1) is 0 Å². The van der Waals surface area contributed by atoms with E-state index in [1.54, 1.807) is 0 Å². The first-order valence-corrected chi connectivity index (χ1v) is 23.0. The molecular formula is C56H54N2O6. The van der Waals surface area contributed by atoms with Crippen LogP contribution in [0.4, 0.5) is 11.4 Å². The fourth-order valence-electron chi connectivity index (χ4n) is 11.5. The lowest BCUT2D eigenvalue weighted by molar-refractivity contribution is 0.398. The molecule has 64 heavy (non-hydrogen) atoms. The molecular weight excluding hydrogens is 797 g/mol. The average molecular weight is 851 g/mol. The normalized spacial score (nSPS) is 19.0. The van der Waals surface area contributed by atoms with Gasteiger partial charge in [0, 0.05) is 82.7 Å². The van der Waals surface area contributed by atoms with Crippen LogP contribution in [0, 0.1) is 0 Å². The van der Waals surface area contributed by atoms with E-state index in [0.29, 0.717) is 45.0 Å². The van der Waals surface area contributed by atoms with Crippen LogP contribution in [0.1, 0.15) is 103 Å². The topological polar surface area (TPSA) is 93.2 Å². The minimum absolute atomic E-state index is 0.0128. The van der Waals surface area contributed by atoms with Gasteiger partial charge >= 0.3 is 11.3 Å². The molecule has 324 valence electrons. The van der Waals surface area contributed by atoms with E-state index in [4.69, 9.17) is 17.7 Å². The zero-order valence-corrected chi connectivity index (χ0v) is 38.1. The maximum atomic E-state index is 13.9. The molecule has 0 spiro atoms. The summed E-state index contributed by atoms with van der Waals surface area (Å²) in [6.07, 6.45) is 4.18. The molecule has 8 nitrogen and oxygen atoms in total. The molecule has 0 aliphatic carbocycles. The highest BCUT2D eigenvalue weighted by Crippen LogP contribution is 2.54. The molecule has 0 N–H and O–H groups in total. The van der Waals surface area contributed by atoms with E-state index >= 15 is 0 Å². The fraction of sp³-hybridized carbons (Fsp3) is 0.357. The number of rotatable bonds is 4. The summed E-state index contributed by atoms with van der Waals surface area (Å²) in [6.45, 7) is 22.5. The van der Waals surface area contributed by atoms with E-state index in [-0.39, 0.29) is 32.9 Å². The van der Waals surface area contributed by atoms with Crippen LogP contribution in [0.3, 0.4) is 0 Å². The summed E-state index contributed by atoms with van der Waals surface area (Å²) < 4.78 is 25.5. The van der Waals surface area contributed by atoms with Gasteiger partial charge < -0.3 is 27.5 Å². The minimum atomic E-state index is -0.349. The van der Waals surface area contributed by atoms with Crippen LogP contribution in [0.25, 0.3) is 78.0 Å². The van der Waals surface area contributed by atoms with Crippen molar-refractivity contribution < 1.29 is 17.7 Å². The van der Waals surface area contributed by atoms with E-state index < -0.39 is 0 Å². The van der Waals surface area contributed by atoms with Crippen LogP contribution in [-0.4, -0.2) is 26.2 Å². The molecule has 4 aliphatic rings. The lowest BCUT2D eigenvalue weighted by Gasteiger charge is -2.48. The Morgan fingerprint density at radius 1 is 0.438 bits per heavy atom. The van der Waals surface area contributed by atoms with Gasteiger partial charge in [0.25, 0.3) is 0 Å². The van der Waals surface area contributed by atoms with Crippen LogP contribution in [0.5, 0.6) is 0 Å². The number of furan rings is 2. The summed E-state index contributed by atoms with van der Waals surface area (Å²) in [4.78, 5) is 32.8. The van der Waals surface area contributed by atoms with E-state index in [1.807, 2.05) is 72.8 Å². The zero-order valence-electron chi connectivity index (χ0n) is 38.1. The molecule has 0 atom stereocenters. The highest BCUT2D eigenvalue weighted by Gasteiger charge is 2.43. The summed E-state index contributed by atoms with van der Waals surface area (Å²) in [7, 11) is 0. The Kier molecular flexibility index (Phi) is 8.08. The molecule has 0 fully saturated rings. The van der Waals surface area contributed by atoms with Gasteiger partial charge in [-0.2, -0.15) is 0 Å². The second-order valence-electron chi connectivity index (χ2n) is 21.6. The molecule has 0 unspecified atom stereocenters. The third-order valence-electron chi connectivity index (χ3n) is 15.6. The monoisotopic (exact) mass is 850 g/mol. The van der Waals surface area contributed by atoms with Crippen molar-refractivity contribution in [2.45, 2.75) is 103 Å². The Bertz CT molecular complexity index is 3170. The van der Waals surface area contributed by atoms with Crippen LogP contribution in [0.2, 0.25) is 0 Å². The first-order chi connectivity index (χ1) is 30.5. The second kappa shape index (κ2) is 13.2. The van der Waals surface area contributed by atoms with Gasteiger partial charge in [0.15, 0.2) is 11.2 Å². The summed E-state index contributed by atoms with van der Waals surface area (Å²) in [5.74, 6) is 1.26. The highest BCUT2D eigenvalue weighted by atomic mass is 16.4. The molecule has 0 saturated heterocycles. The Hall–Kier alpha value is -6.28. The standard InChI is InChI=1S/C56H54N2O6/c1-53(2)15-19-57-21-17-55(5,6)45-47(57)39(53)27-35-25-37(51(59)63-49(35)45)31-11-9-13-33(23-31)41-29-43-44(61-41)30-42(62-43)34-14-10-12-32(24-34)38-26-36-28-40-48-46(50(36)64-52(38)60)56(7,8)18-22-58(48)20-16-54(40,3)4/h9-14,23-30H,15-22H2,1-8H3. The number of hydrogen-bond acceptors (Lipinski definition) is 8. The molecule has 0 radical (unpaired) electrons. The van der Waals surface area contributed by atoms with Crippen molar-refractivity contribution in [3.63, 3.8) is 0 Å². The first kappa shape index (κ1) is 39.3.